The van der Waals surface area contributed by atoms with Gasteiger partial charge in [0.25, 0.3) is 0 Å². The van der Waals surface area contributed by atoms with Crippen LogP contribution in [0.15, 0.2) is 40.2 Å². The molecular weight excluding hydrogens is 301 g/mol. The first-order valence-corrected chi connectivity index (χ1v) is 7.02. The van der Waals surface area contributed by atoms with Crippen LogP contribution in [0.3, 0.4) is 0 Å². The van der Waals surface area contributed by atoms with Crippen LogP contribution in [0.4, 0.5) is 4.39 Å². The van der Waals surface area contributed by atoms with E-state index in [2.05, 4.69) is 32.7 Å². The Morgan fingerprint density at radius 3 is 2.82 bits per heavy atom. The standard InChI is InChI=1S/C13H13BrFNS/c1-16-13(8-10-3-2-6-17-10)9-4-5-11(14)12(15)7-9/h2-7,13,16H,8H2,1H3. The third-order valence-electron chi connectivity index (χ3n) is 2.68. The molecule has 0 radical (unpaired) electrons. The molecular formula is C13H13BrFNS. The number of likely N-dealkylation sites (N-methyl/N-ethyl adjacent to an activating group) is 1. The maximum Gasteiger partial charge on any atom is 0.137 e. The van der Waals surface area contributed by atoms with Gasteiger partial charge in [-0.3, -0.25) is 0 Å². The van der Waals surface area contributed by atoms with Crippen LogP contribution in [0, 0.1) is 5.82 Å². The monoisotopic (exact) mass is 313 g/mol. The molecule has 2 rings (SSSR count). The van der Waals surface area contributed by atoms with Gasteiger partial charge in [0.1, 0.15) is 5.82 Å². The molecule has 0 aliphatic heterocycles. The van der Waals surface area contributed by atoms with E-state index in [-0.39, 0.29) is 11.9 Å². The molecule has 1 heterocycles. The average Bonchev–Trinajstić information content (AvgIpc) is 2.82. The van der Waals surface area contributed by atoms with Gasteiger partial charge in [0.15, 0.2) is 0 Å². The summed E-state index contributed by atoms with van der Waals surface area (Å²) in [6.07, 6.45) is 0.884. The quantitative estimate of drug-likeness (QED) is 0.894. The predicted molar refractivity (Wildman–Crippen MR) is 73.9 cm³/mol. The molecule has 0 spiro atoms. The molecule has 0 saturated heterocycles. The highest BCUT2D eigenvalue weighted by molar-refractivity contribution is 9.10. The van der Waals surface area contributed by atoms with Crippen molar-refractivity contribution in [2.24, 2.45) is 0 Å². The van der Waals surface area contributed by atoms with Gasteiger partial charge < -0.3 is 5.32 Å². The topological polar surface area (TPSA) is 12.0 Å². The molecule has 90 valence electrons. The zero-order valence-electron chi connectivity index (χ0n) is 9.41. The van der Waals surface area contributed by atoms with Gasteiger partial charge in [0.05, 0.1) is 4.47 Å². The molecule has 1 aromatic carbocycles. The van der Waals surface area contributed by atoms with E-state index < -0.39 is 0 Å². The molecule has 1 N–H and O–H groups in total. The van der Waals surface area contributed by atoms with Crippen LogP contribution >= 0.6 is 27.3 Å². The van der Waals surface area contributed by atoms with Gasteiger partial charge in [-0.2, -0.15) is 0 Å². The number of nitrogens with one attached hydrogen (secondary N) is 1. The normalized spacial score (nSPS) is 12.6. The zero-order valence-corrected chi connectivity index (χ0v) is 11.8. The van der Waals surface area contributed by atoms with Gasteiger partial charge in [-0.05, 0) is 52.1 Å². The second kappa shape index (κ2) is 5.76. The lowest BCUT2D eigenvalue weighted by Gasteiger charge is -2.16. The number of hydrogen-bond acceptors (Lipinski definition) is 2. The van der Waals surface area contributed by atoms with Crippen molar-refractivity contribution in [3.8, 4) is 0 Å². The highest BCUT2D eigenvalue weighted by Crippen LogP contribution is 2.24. The Morgan fingerprint density at radius 1 is 1.41 bits per heavy atom. The van der Waals surface area contributed by atoms with Crippen LogP contribution < -0.4 is 5.32 Å². The molecule has 1 nitrogen and oxygen atoms in total. The molecule has 1 aromatic heterocycles. The lowest BCUT2D eigenvalue weighted by molar-refractivity contribution is 0.578. The maximum absolute atomic E-state index is 13.5. The molecule has 4 heteroatoms. The van der Waals surface area contributed by atoms with Crippen molar-refractivity contribution < 1.29 is 4.39 Å². The van der Waals surface area contributed by atoms with Crippen molar-refractivity contribution in [3.63, 3.8) is 0 Å². The first kappa shape index (κ1) is 12.7. The lowest BCUT2D eigenvalue weighted by atomic mass is 10.0. The van der Waals surface area contributed by atoms with E-state index in [9.17, 15) is 4.39 Å². The Balaban J connectivity index is 2.20. The van der Waals surface area contributed by atoms with E-state index in [0.29, 0.717) is 4.47 Å². The fourth-order valence-corrected chi connectivity index (χ4v) is 2.74. The molecule has 0 saturated carbocycles. The fraction of sp³-hybridized carbons (Fsp3) is 0.231. The Bertz CT molecular complexity index is 484. The Labute approximate surface area is 113 Å². The number of hydrogen-bond donors (Lipinski definition) is 1. The minimum atomic E-state index is -0.214. The number of rotatable bonds is 4. The van der Waals surface area contributed by atoms with Crippen molar-refractivity contribution in [1.82, 2.24) is 5.32 Å². The first-order chi connectivity index (χ1) is 8.20. The van der Waals surface area contributed by atoms with Gasteiger partial charge >= 0.3 is 0 Å². The van der Waals surface area contributed by atoms with Crippen molar-refractivity contribution in [1.29, 1.82) is 0 Å². The van der Waals surface area contributed by atoms with Crippen LogP contribution in [-0.4, -0.2) is 7.05 Å². The van der Waals surface area contributed by atoms with Gasteiger partial charge in [0.2, 0.25) is 0 Å². The van der Waals surface area contributed by atoms with Crippen LogP contribution in [0.5, 0.6) is 0 Å². The molecule has 1 unspecified atom stereocenters. The highest BCUT2D eigenvalue weighted by atomic mass is 79.9. The summed E-state index contributed by atoms with van der Waals surface area (Å²) in [7, 11) is 1.90. The van der Waals surface area contributed by atoms with E-state index in [4.69, 9.17) is 0 Å². The molecule has 1 atom stereocenters. The number of benzene rings is 1. The summed E-state index contributed by atoms with van der Waals surface area (Å²) >= 11 is 4.89. The van der Waals surface area contributed by atoms with Crippen molar-refractivity contribution >= 4 is 27.3 Å². The van der Waals surface area contributed by atoms with E-state index in [1.54, 1.807) is 23.5 Å². The van der Waals surface area contributed by atoms with Crippen LogP contribution in [-0.2, 0) is 6.42 Å². The zero-order chi connectivity index (χ0) is 12.3. The summed E-state index contributed by atoms with van der Waals surface area (Å²) in [5.41, 5.74) is 0.974. The molecule has 0 amide bonds. The van der Waals surface area contributed by atoms with Crippen LogP contribution in [0.25, 0.3) is 0 Å². The summed E-state index contributed by atoms with van der Waals surface area (Å²) in [5.74, 6) is -0.214. The lowest BCUT2D eigenvalue weighted by Crippen LogP contribution is -2.18. The second-order valence-electron chi connectivity index (χ2n) is 3.80. The number of thiophene rings is 1. The van der Waals surface area contributed by atoms with Crippen molar-refractivity contribution in [2.75, 3.05) is 7.05 Å². The summed E-state index contributed by atoms with van der Waals surface area (Å²) in [4.78, 5) is 1.30. The molecule has 17 heavy (non-hydrogen) atoms. The minimum Gasteiger partial charge on any atom is -0.313 e. The molecule has 0 bridgehead atoms. The maximum atomic E-state index is 13.5. The smallest absolute Gasteiger partial charge is 0.137 e. The highest BCUT2D eigenvalue weighted by Gasteiger charge is 2.12. The third-order valence-corrected chi connectivity index (χ3v) is 4.22. The van der Waals surface area contributed by atoms with Gasteiger partial charge in [-0.15, -0.1) is 11.3 Å². The molecule has 0 aliphatic rings. The van der Waals surface area contributed by atoms with Gasteiger partial charge in [-0.25, -0.2) is 4.39 Å². The van der Waals surface area contributed by atoms with Crippen LogP contribution in [0.1, 0.15) is 16.5 Å². The fourth-order valence-electron chi connectivity index (χ4n) is 1.75. The summed E-state index contributed by atoms with van der Waals surface area (Å²) in [6.45, 7) is 0. The van der Waals surface area contributed by atoms with E-state index >= 15 is 0 Å². The van der Waals surface area contributed by atoms with Gasteiger partial charge in [-0.1, -0.05) is 12.1 Å². The summed E-state index contributed by atoms with van der Waals surface area (Å²) < 4.78 is 14.0. The minimum absolute atomic E-state index is 0.149. The second-order valence-corrected chi connectivity index (χ2v) is 5.68. The summed E-state index contributed by atoms with van der Waals surface area (Å²) in [6, 6.07) is 9.57. The molecule has 0 fully saturated rings. The van der Waals surface area contributed by atoms with Crippen molar-refractivity contribution in [3.05, 3.63) is 56.4 Å². The largest absolute Gasteiger partial charge is 0.313 e. The van der Waals surface area contributed by atoms with Crippen molar-refractivity contribution in [2.45, 2.75) is 12.5 Å². The SMILES string of the molecule is CNC(Cc1cccs1)c1ccc(Br)c(F)c1. The van der Waals surface area contributed by atoms with Crippen LogP contribution in [0.2, 0.25) is 0 Å². The summed E-state index contributed by atoms with van der Waals surface area (Å²) in [5, 5.41) is 5.29. The first-order valence-electron chi connectivity index (χ1n) is 5.35. The number of halogens is 2. The molecule has 2 aromatic rings. The Morgan fingerprint density at radius 2 is 2.24 bits per heavy atom. The van der Waals surface area contributed by atoms with E-state index in [0.717, 1.165) is 12.0 Å². The predicted octanol–water partition coefficient (Wildman–Crippen LogP) is 4.15. The van der Waals surface area contributed by atoms with Gasteiger partial charge in [0, 0.05) is 17.3 Å². The molecule has 0 aliphatic carbocycles. The van der Waals surface area contributed by atoms with E-state index in [1.165, 1.54) is 4.88 Å². The average molecular weight is 314 g/mol. The third kappa shape index (κ3) is 3.15. The van der Waals surface area contributed by atoms with E-state index in [1.807, 2.05) is 19.2 Å². The Kier molecular flexibility index (Phi) is 4.31. The Hall–Kier alpha value is -0.710.